The summed E-state index contributed by atoms with van der Waals surface area (Å²) in [6.45, 7) is 11.2. The largest absolute Gasteiger partial charge is 0.490 e. The molecule has 4 unspecified atom stereocenters. The highest BCUT2D eigenvalue weighted by Gasteiger charge is 2.56. The fourth-order valence-electron chi connectivity index (χ4n) is 5.69. The molecule has 0 bridgehead atoms. The molecule has 3 aromatic rings. The third-order valence-electron chi connectivity index (χ3n) is 7.65. The van der Waals surface area contributed by atoms with Crippen LogP contribution in [0.25, 0.3) is 0 Å². The van der Waals surface area contributed by atoms with Crippen molar-refractivity contribution < 1.29 is 29.0 Å². The molecule has 4 atom stereocenters. The predicted molar refractivity (Wildman–Crippen MR) is 163 cm³/mol. The Hall–Kier alpha value is -4.17. The molecule has 1 saturated carbocycles. The lowest BCUT2D eigenvalue weighted by Crippen LogP contribution is -2.56. The van der Waals surface area contributed by atoms with E-state index in [1.165, 1.54) is 6.92 Å². The number of Topliss-reactive ketones (excluding diaryl/α,β-unsaturated/α-hetero) is 1. The van der Waals surface area contributed by atoms with Crippen LogP contribution in [0.15, 0.2) is 66.7 Å². The highest BCUT2D eigenvalue weighted by molar-refractivity contribution is 6.10. The molecule has 3 aromatic carbocycles. The summed E-state index contributed by atoms with van der Waals surface area (Å²) in [4.78, 5) is 41.7. The summed E-state index contributed by atoms with van der Waals surface area (Å²) in [6, 6.07) is 19.8. The average Bonchev–Trinajstić information content (AvgIpc) is 2.91. The van der Waals surface area contributed by atoms with Gasteiger partial charge in [0.15, 0.2) is 11.5 Å². The molecule has 0 saturated heterocycles. The zero-order valence-corrected chi connectivity index (χ0v) is 25.1. The van der Waals surface area contributed by atoms with Crippen LogP contribution in [-0.4, -0.2) is 41.0 Å². The first kappa shape index (κ1) is 30.8. The van der Waals surface area contributed by atoms with Crippen molar-refractivity contribution in [3.05, 3.63) is 83.4 Å². The number of aliphatic hydroxyl groups is 1. The van der Waals surface area contributed by atoms with Crippen LogP contribution in [0, 0.1) is 25.7 Å². The molecule has 42 heavy (non-hydrogen) atoms. The Balaban J connectivity index is 1.85. The van der Waals surface area contributed by atoms with Gasteiger partial charge >= 0.3 is 0 Å². The number of ether oxygens (including phenoxy) is 2. The number of anilines is 2. The fraction of sp³-hybridized carbons (Fsp3) is 0.382. The van der Waals surface area contributed by atoms with Crippen LogP contribution in [0.2, 0.25) is 0 Å². The molecular weight excluding hydrogens is 532 g/mol. The molecular formula is C34H40N2O6. The van der Waals surface area contributed by atoms with Crippen LogP contribution < -0.4 is 20.1 Å². The second-order valence-corrected chi connectivity index (χ2v) is 11.4. The number of amides is 2. The van der Waals surface area contributed by atoms with Gasteiger partial charge in [-0.2, -0.15) is 0 Å². The summed E-state index contributed by atoms with van der Waals surface area (Å²) < 4.78 is 11.8. The van der Waals surface area contributed by atoms with Crippen LogP contribution in [-0.2, 0) is 14.4 Å². The Morgan fingerprint density at radius 3 is 2.05 bits per heavy atom. The normalized spacial score (nSPS) is 22.0. The number of ketones is 1. The van der Waals surface area contributed by atoms with E-state index in [-0.39, 0.29) is 12.5 Å². The van der Waals surface area contributed by atoms with Crippen molar-refractivity contribution in [1.82, 2.24) is 0 Å². The number of hydrogen-bond donors (Lipinski definition) is 3. The number of carbonyl (C=O) groups excluding carboxylic acids is 3. The molecule has 1 fully saturated rings. The van der Waals surface area contributed by atoms with Gasteiger partial charge in [0.2, 0.25) is 11.8 Å². The topological polar surface area (TPSA) is 114 Å². The molecule has 222 valence electrons. The maximum absolute atomic E-state index is 14.1. The minimum absolute atomic E-state index is 0.118. The molecule has 1 aliphatic carbocycles. The Morgan fingerprint density at radius 1 is 0.929 bits per heavy atom. The minimum atomic E-state index is -1.73. The molecule has 0 heterocycles. The van der Waals surface area contributed by atoms with E-state index in [9.17, 15) is 19.5 Å². The first-order valence-corrected chi connectivity index (χ1v) is 14.3. The summed E-state index contributed by atoms with van der Waals surface area (Å²) in [6.07, 6.45) is -0.471. The Labute approximate surface area is 247 Å². The van der Waals surface area contributed by atoms with E-state index in [1.807, 2.05) is 65.0 Å². The third kappa shape index (κ3) is 6.65. The monoisotopic (exact) mass is 572 g/mol. The van der Waals surface area contributed by atoms with Gasteiger partial charge in [-0.05, 0) is 82.5 Å². The molecule has 2 amide bonds. The van der Waals surface area contributed by atoms with E-state index in [2.05, 4.69) is 10.6 Å². The van der Waals surface area contributed by atoms with Crippen LogP contribution in [0.5, 0.6) is 11.5 Å². The molecule has 0 aliphatic heterocycles. The van der Waals surface area contributed by atoms with E-state index in [0.29, 0.717) is 35.0 Å². The number of para-hydroxylation sites is 2. The molecule has 8 heteroatoms. The van der Waals surface area contributed by atoms with Crippen molar-refractivity contribution in [3.63, 3.8) is 0 Å². The third-order valence-corrected chi connectivity index (χ3v) is 7.65. The van der Waals surface area contributed by atoms with E-state index >= 15 is 0 Å². The number of aryl methyl sites for hydroxylation is 2. The van der Waals surface area contributed by atoms with Crippen molar-refractivity contribution >= 4 is 29.0 Å². The predicted octanol–water partition coefficient (Wildman–Crippen LogP) is 5.81. The van der Waals surface area contributed by atoms with Gasteiger partial charge in [0.1, 0.15) is 11.7 Å². The minimum Gasteiger partial charge on any atom is -0.490 e. The van der Waals surface area contributed by atoms with E-state index in [4.69, 9.17) is 9.47 Å². The summed E-state index contributed by atoms with van der Waals surface area (Å²) in [5.74, 6) is -3.93. The zero-order chi connectivity index (χ0) is 30.6. The van der Waals surface area contributed by atoms with Gasteiger partial charge in [-0.15, -0.1) is 0 Å². The lowest BCUT2D eigenvalue weighted by atomic mass is 9.61. The van der Waals surface area contributed by atoms with Gasteiger partial charge in [0.05, 0.1) is 24.2 Å². The first-order chi connectivity index (χ1) is 19.9. The Morgan fingerprint density at radius 2 is 1.50 bits per heavy atom. The molecule has 0 radical (unpaired) electrons. The molecule has 8 nitrogen and oxygen atoms in total. The Bertz CT molecular complexity index is 1460. The second kappa shape index (κ2) is 12.8. The lowest BCUT2D eigenvalue weighted by Gasteiger charge is -2.44. The molecule has 0 spiro atoms. The highest BCUT2D eigenvalue weighted by atomic mass is 16.5. The lowest BCUT2D eigenvalue weighted by molar-refractivity contribution is -0.150. The van der Waals surface area contributed by atoms with Crippen molar-refractivity contribution in [2.75, 3.05) is 17.2 Å². The van der Waals surface area contributed by atoms with Gasteiger partial charge in [0, 0.05) is 23.7 Å². The van der Waals surface area contributed by atoms with Crippen molar-refractivity contribution in [1.29, 1.82) is 0 Å². The number of carbonyl (C=O) groups is 3. The first-order valence-electron chi connectivity index (χ1n) is 14.3. The number of rotatable bonds is 9. The summed E-state index contributed by atoms with van der Waals surface area (Å²) in [7, 11) is 0. The van der Waals surface area contributed by atoms with Gasteiger partial charge in [-0.3, -0.25) is 14.4 Å². The van der Waals surface area contributed by atoms with Crippen molar-refractivity contribution in [2.24, 2.45) is 11.8 Å². The summed E-state index contributed by atoms with van der Waals surface area (Å²) in [5.41, 5.74) is 1.62. The zero-order valence-electron chi connectivity index (χ0n) is 25.1. The SMILES string of the molecule is CCOc1cc(C2C(C(=O)Nc3ccccc3C)C(=O)CC(C)(O)C2C(=O)Nc2ccccc2C)ccc1OC(C)C. The summed E-state index contributed by atoms with van der Waals surface area (Å²) >= 11 is 0. The van der Waals surface area contributed by atoms with Crippen molar-refractivity contribution in [2.45, 2.75) is 65.6 Å². The van der Waals surface area contributed by atoms with E-state index < -0.39 is 41.0 Å². The van der Waals surface area contributed by atoms with Crippen LogP contribution in [0.1, 0.15) is 56.7 Å². The molecule has 3 N–H and O–H groups in total. The highest BCUT2D eigenvalue weighted by Crippen LogP contribution is 2.48. The van der Waals surface area contributed by atoms with E-state index in [0.717, 1.165) is 11.1 Å². The smallest absolute Gasteiger partial charge is 0.235 e. The van der Waals surface area contributed by atoms with Crippen molar-refractivity contribution in [3.8, 4) is 11.5 Å². The van der Waals surface area contributed by atoms with Crippen LogP contribution in [0.4, 0.5) is 11.4 Å². The quantitative estimate of drug-likeness (QED) is 0.279. The Kier molecular flexibility index (Phi) is 9.36. The van der Waals surface area contributed by atoms with Crippen LogP contribution in [0.3, 0.4) is 0 Å². The van der Waals surface area contributed by atoms with Gasteiger partial charge < -0.3 is 25.2 Å². The standard InChI is InChI=1S/C34H40N2O6/c1-7-41-28-18-23(16-17-27(28)42-20(2)3)29-30(32(38)35-24-14-10-8-12-21(24)4)26(37)19-34(6,40)31(29)33(39)36-25-15-11-9-13-22(25)5/h8-18,20,29-31,40H,7,19H2,1-6H3,(H,35,38)(H,36,39). The second-order valence-electron chi connectivity index (χ2n) is 11.4. The summed E-state index contributed by atoms with van der Waals surface area (Å²) in [5, 5.41) is 17.5. The molecule has 4 rings (SSSR count). The van der Waals surface area contributed by atoms with Gasteiger partial charge in [-0.1, -0.05) is 42.5 Å². The maximum Gasteiger partial charge on any atom is 0.235 e. The van der Waals surface area contributed by atoms with Gasteiger partial charge in [0.25, 0.3) is 0 Å². The van der Waals surface area contributed by atoms with Crippen LogP contribution >= 0.6 is 0 Å². The molecule has 0 aromatic heterocycles. The number of benzene rings is 3. The van der Waals surface area contributed by atoms with E-state index in [1.54, 1.807) is 36.4 Å². The maximum atomic E-state index is 14.1. The van der Waals surface area contributed by atoms with Gasteiger partial charge in [-0.25, -0.2) is 0 Å². The fourth-order valence-corrected chi connectivity index (χ4v) is 5.69. The average molecular weight is 573 g/mol. The number of nitrogens with one attached hydrogen (secondary N) is 2. The number of hydrogen-bond acceptors (Lipinski definition) is 6. The molecule has 1 aliphatic rings.